The summed E-state index contributed by atoms with van der Waals surface area (Å²) in [5, 5.41) is 4.15. The summed E-state index contributed by atoms with van der Waals surface area (Å²) in [7, 11) is 0. The summed E-state index contributed by atoms with van der Waals surface area (Å²) in [4.78, 5) is 27.4. The standard InChI is InChI=1S/C22H26Cl2N2O2/c1-15(21(28)25-22(2,3)4)26(14-16-8-10-18(23)11-9-16)20(27)13-17-6-5-7-19(24)12-17/h5-12,15H,13-14H2,1-4H3,(H,25,28)/t15-/m1/s1. The second-order valence-corrected chi connectivity index (χ2v) is 8.74. The fourth-order valence-electron chi connectivity index (χ4n) is 2.77. The van der Waals surface area contributed by atoms with Crippen molar-refractivity contribution in [3.8, 4) is 0 Å². The Hall–Kier alpha value is -2.04. The van der Waals surface area contributed by atoms with Gasteiger partial charge in [-0.3, -0.25) is 9.59 Å². The van der Waals surface area contributed by atoms with Crippen LogP contribution in [0.1, 0.15) is 38.8 Å². The highest BCUT2D eigenvalue weighted by Crippen LogP contribution is 2.17. The van der Waals surface area contributed by atoms with Crippen LogP contribution in [0.25, 0.3) is 0 Å². The lowest BCUT2D eigenvalue weighted by Crippen LogP contribution is -2.52. The van der Waals surface area contributed by atoms with E-state index in [1.165, 1.54) is 0 Å². The van der Waals surface area contributed by atoms with E-state index < -0.39 is 6.04 Å². The lowest BCUT2D eigenvalue weighted by Gasteiger charge is -2.31. The second kappa shape index (κ2) is 9.44. The molecule has 28 heavy (non-hydrogen) atoms. The first-order valence-electron chi connectivity index (χ1n) is 9.15. The SMILES string of the molecule is C[C@H](C(=O)NC(C)(C)C)N(Cc1ccc(Cl)cc1)C(=O)Cc1cccc(Cl)c1. The van der Waals surface area contributed by atoms with Crippen LogP contribution in [0.3, 0.4) is 0 Å². The molecule has 0 aliphatic heterocycles. The molecule has 150 valence electrons. The van der Waals surface area contributed by atoms with Crippen LogP contribution in [-0.4, -0.2) is 28.3 Å². The summed E-state index contributed by atoms with van der Waals surface area (Å²) in [6, 6.07) is 13.8. The van der Waals surface area contributed by atoms with Crippen LogP contribution in [-0.2, 0) is 22.6 Å². The zero-order chi connectivity index (χ0) is 20.9. The summed E-state index contributed by atoms with van der Waals surface area (Å²) in [5.74, 6) is -0.338. The average Bonchev–Trinajstić information content (AvgIpc) is 2.59. The Morgan fingerprint density at radius 2 is 1.64 bits per heavy atom. The molecule has 0 saturated heterocycles. The van der Waals surface area contributed by atoms with E-state index in [1.807, 2.05) is 45.0 Å². The van der Waals surface area contributed by atoms with Crippen molar-refractivity contribution in [1.29, 1.82) is 0 Å². The lowest BCUT2D eigenvalue weighted by atomic mass is 10.1. The Bertz CT molecular complexity index is 829. The van der Waals surface area contributed by atoms with Crippen molar-refractivity contribution < 1.29 is 9.59 Å². The number of rotatable bonds is 6. The number of halogens is 2. The van der Waals surface area contributed by atoms with Crippen molar-refractivity contribution >= 4 is 35.0 Å². The number of hydrogen-bond acceptors (Lipinski definition) is 2. The summed E-state index contributed by atoms with van der Waals surface area (Å²) >= 11 is 12.0. The molecule has 1 atom stereocenters. The van der Waals surface area contributed by atoms with E-state index in [4.69, 9.17) is 23.2 Å². The molecule has 4 nitrogen and oxygen atoms in total. The lowest BCUT2D eigenvalue weighted by molar-refractivity contribution is -0.140. The monoisotopic (exact) mass is 420 g/mol. The highest BCUT2D eigenvalue weighted by atomic mass is 35.5. The van der Waals surface area contributed by atoms with Crippen molar-refractivity contribution in [2.24, 2.45) is 0 Å². The summed E-state index contributed by atoms with van der Waals surface area (Å²) in [6.07, 6.45) is 0.168. The number of nitrogens with one attached hydrogen (secondary N) is 1. The third-order valence-corrected chi connectivity index (χ3v) is 4.66. The van der Waals surface area contributed by atoms with E-state index in [-0.39, 0.29) is 23.8 Å². The smallest absolute Gasteiger partial charge is 0.242 e. The van der Waals surface area contributed by atoms with Gasteiger partial charge >= 0.3 is 0 Å². The van der Waals surface area contributed by atoms with Gasteiger partial charge in [0.05, 0.1) is 6.42 Å². The molecule has 1 N–H and O–H groups in total. The fraction of sp³-hybridized carbons (Fsp3) is 0.364. The van der Waals surface area contributed by atoms with Crippen molar-refractivity contribution in [2.75, 3.05) is 0 Å². The number of nitrogens with zero attached hydrogens (tertiary/aromatic N) is 1. The maximum absolute atomic E-state index is 13.1. The topological polar surface area (TPSA) is 49.4 Å². The molecule has 0 aromatic heterocycles. The molecule has 0 aliphatic rings. The molecule has 0 unspecified atom stereocenters. The first-order chi connectivity index (χ1) is 13.0. The van der Waals surface area contributed by atoms with E-state index in [1.54, 1.807) is 36.1 Å². The van der Waals surface area contributed by atoms with Crippen LogP contribution in [0.15, 0.2) is 48.5 Å². The summed E-state index contributed by atoms with van der Waals surface area (Å²) in [6.45, 7) is 7.79. The second-order valence-electron chi connectivity index (χ2n) is 7.87. The van der Waals surface area contributed by atoms with Crippen molar-refractivity contribution in [3.05, 3.63) is 69.7 Å². The maximum Gasteiger partial charge on any atom is 0.242 e. The van der Waals surface area contributed by atoms with Crippen LogP contribution in [0.2, 0.25) is 10.0 Å². The van der Waals surface area contributed by atoms with E-state index in [2.05, 4.69) is 5.32 Å². The molecule has 0 fully saturated rings. The van der Waals surface area contributed by atoms with Crippen LogP contribution >= 0.6 is 23.2 Å². The predicted molar refractivity (Wildman–Crippen MR) is 115 cm³/mol. The first kappa shape index (κ1) is 22.3. The van der Waals surface area contributed by atoms with E-state index in [0.717, 1.165) is 11.1 Å². The Balaban J connectivity index is 2.24. The van der Waals surface area contributed by atoms with Gasteiger partial charge in [-0.25, -0.2) is 0 Å². The van der Waals surface area contributed by atoms with Crippen molar-refractivity contribution in [3.63, 3.8) is 0 Å². The minimum Gasteiger partial charge on any atom is -0.350 e. The van der Waals surface area contributed by atoms with Gasteiger partial charge in [0, 0.05) is 22.1 Å². The zero-order valence-electron chi connectivity index (χ0n) is 16.6. The zero-order valence-corrected chi connectivity index (χ0v) is 18.1. The van der Waals surface area contributed by atoms with Gasteiger partial charge in [-0.15, -0.1) is 0 Å². The van der Waals surface area contributed by atoms with E-state index in [9.17, 15) is 9.59 Å². The summed E-state index contributed by atoms with van der Waals surface area (Å²) in [5.41, 5.74) is 1.33. The molecule has 0 radical (unpaired) electrons. The number of amides is 2. The van der Waals surface area contributed by atoms with Crippen molar-refractivity contribution in [1.82, 2.24) is 10.2 Å². The Morgan fingerprint density at radius 3 is 2.21 bits per heavy atom. The number of carbonyl (C=O) groups excluding carboxylic acids is 2. The molecule has 2 aromatic rings. The van der Waals surface area contributed by atoms with Gasteiger partial charge in [0.1, 0.15) is 6.04 Å². The molecule has 0 heterocycles. The molecule has 2 rings (SSSR count). The van der Waals surface area contributed by atoms with Gasteiger partial charge in [-0.1, -0.05) is 47.5 Å². The van der Waals surface area contributed by atoms with Gasteiger partial charge in [-0.2, -0.15) is 0 Å². The Kier molecular flexibility index (Phi) is 7.50. The molecule has 2 amide bonds. The third-order valence-electron chi connectivity index (χ3n) is 4.18. The van der Waals surface area contributed by atoms with Gasteiger partial charge < -0.3 is 10.2 Å². The van der Waals surface area contributed by atoms with Gasteiger partial charge in [0.2, 0.25) is 11.8 Å². The largest absolute Gasteiger partial charge is 0.350 e. The van der Waals surface area contributed by atoms with Crippen molar-refractivity contribution in [2.45, 2.75) is 52.2 Å². The molecule has 6 heteroatoms. The van der Waals surface area contributed by atoms with Crippen LogP contribution in [0, 0.1) is 0 Å². The quantitative estimate of drug-likeness (QED) is 0.724. The number of hydrogen-bond donors (Lipinski definition) is 1. The van der Waals surface area contributed by atoms with Gasteiger partial charge in [0.25, 0.3) is 0 Å². The highest BCUT2D eigenvalue weighted by Gasteiger charge is 2.28. The normalized spacial score (nSPS) is 12.4. The van der Waals surface area contributed by atoms with E-state index in [0.29, 0.717) is 16.6 Å². The molecular formula is C22H26Cl2N2O2. The average molecular weight is 421 g/mol. The minimum atomic E-state index is -0.624. The molecule has 0 bridgehead atoms. The molecule has 0 saturated carbocycles. The maximum atomic E-state index is 13.1. The molecule has 0 spiro atoms. The predicted octanol–water partition coefficient (Wildman–Crippen LogP) is 4.87. The third kappa shape index (κ3) is 6.84. The van der Waals surface area contributed by atoms with Crippen LogP contribution in [0.4, 0.5) is 0 Å². The molecular weight excluding hydrogens is 395 g/mol. The molecule has 0 aliphatic carbocycles. The minimum absolute atomic E-state index is 0.145. The van der Waals surface area contributed by atoms with E-state index >= 15 is 0 Å². The molecule has 2 aromatic carbocycles. The summed E-state index contributed by atoms with van der Waals surface area (Å²) < 4.78 is 0. The number of benzene rings is 2. The Morgan fingerprint density at radius 1 is 1.00 bits per heavy atom. The van der Waals surface area contributed by atoms with Crippen LogP contribution in [0.5, 0.6) is 0 Å². The Labute approximate surface area is 176 Å². The van der Waals surface area contributed by atoms with Gasteiger partial charge in [-0.05, 0) is 63.1 Å². The number of carbonyl (C=O) groups is 2. The first-order valence-corrected chi connectivity index (χ1v) is 9.91. The fourth-order valence-corrected chi connectivity index (χ4v) is 3.11. The highest BCUT2D eigenvalue weighted by molar-refractivity contribution is 6.30. The van der Waals surface area contributed by atoms with Gasteiger partial charge in [0.15, 0.2) is 0 Å². The van der Waals surface area contributed by atoms with Crippen LogP contribution < -0.4 is 5.32 Å².